The lowest BCUT2D eigenvalue weighted by atomic mass is 10.2. The molecule has 5 nitrogen and oxygen atoms in total. The molecule has 0 aliphatic heterocycles. The molecule has 1 unspecified atom stereocenters. The molecule has 15 heavy (non-hydrogen) atoms. The smallest absolute Gasteiger partial charge is 0.308 e. The molecule has 0 N–H and O–H groups in total. The number of hydrogen-bond acceptors (Lipinski definition) is 5. The van der Waals surface area contributed by atoms with Gasteiger partial charge in [0.1, 0.15) is 11.4 Å². The summed E-state index contributed by atoms with van der Waals surface area (Å²) in [5.74, 6) is 0. The highest BCUT2D eigenvalue weighted by Crippen LogP contribution is 2.14. The van der Waals surface area contributed by atoms with Crippen LogP contribution in [0, 0.1) is 0 Å². The molecule has 0 fully saturated rings. The molecule has 1 aromatic rings. The van der Waals surface area contributed by atoms with E-state index in [0.29, 0.717) is 0 Å². The average Bonchev–Trinajstić information content (AvgIpc) is 2.16. The molecule has 0 saturated carbocycles. The van der Waals surface area contributed by atoms with Gasteiger partial charge in [-0.05, 0) is 17.7 Å². The van der Waals surface area contributed by atoms with E-state index in [1.54, 1.807) is 0 Å². The molecule has 0 heterocycles. The summed E-state index contributed by atoms with van der Waals surface area (Å²) in [7, 11) is -4.23. The van der Waals surface area contributed by atoms with Gasteiger partial charge < -0.3 is 4.55 Å². The third-order valence-electron chi connectivity index (χ3n) is 1.55. The lowest BCUT2D eigenvalue weighted by molar-refractivity contribution is 0.429. The molecule has 0 spiro atoms. The van der Waals surface area contributed by atoms with Crippen LogP contribution in [-0.2, 0) is 25.1 Å². The first kappa shape index (κ1) is 12.1. The van der Waals surface area contributed by atoms with Crippen molar-refractivity contribution in [3.63, 3.8) is 0 Å². The standard InChI is InChI=1S/C8H8O5S2/c1-2-7-3-5-8(6-4-7)15(11,12)13-14(9)10/h2-6H,1H2,(H,9,10)/p-1. The second-order valence-corrected chi connectivity index (χ2v) is 4.83. The Kier molecular flexibility index (Phi) is 3.75. The normalized spacial score (nSPS) is 13.4. The summed E-state index contributed by atoms with van der Waals surface area (Å²) < 4.78 is 46.4. The van der Waals surface area contributed by atoms with E-state index in [-0.39, 0.29) is 4.90 Å². The Morgan fingerprint density at radius 2 is 1.87 bits per heavy atom. The molecule has 0 aromatic heterocycles. The molecule has 7 heteroatoms. The van der Waals surface area contributed by atoms with Crippen LogP contribution in [0.3, 0.4) is 0 Å². The quantitative estimate of drug-likeness (QED) is 0.736. The van der Waals surface area contributed by atoms with Gasteiger partial charge in [0.25, 0.3) is 0 Å². The fraction of sp³-hybridized carbons (Fsp3) is 0. The first-order valence-electron chi connectivity index (χ1n) is 3.72. The first-order valence-corrected chi connectivity index (χ1v) is 6.13. The molecular weight excluding hydrogens is 240 g/mol. The van der Waals surface area contributed by atoms with Crippen molar-refractivity contribution in [3.05, 3.63) is 36.4 Å². The van der Waals surface area contributed by atoms with E-state index in [4.69, 9.17) is 0 Å². The predicted octanol–water partition coefficient (Wildman–Crippen LogP) is 0.829. The number of rotatable bonds is 4. The monoisotopic (exact) mass is 247 g/mol. The van der Waals surface area contributed by atoms with Gasteiger partial charge in [-0.3, -0.25) is 0 Å². The Hall–Kier alpha value is -1.02. The fourth-order valence-corrected chi connectivity index (χ4v) is 2.25. The van der Waals surface area contributed by atoms with Crippen molar-refractivity contribution in [2.75, 3.05) is 0 Å². The summed E-state index contributed by atoms with van der Waals surface area (Å²) in [4.78, 5) is -0.225. The molecule has 0 amide bonds. The second-order valence-electron chi connectivity index (χ2n) is 2.50. The Labute approximate surface area is 90.0 Å². The van der Waals surface area contributed by atoms with E-state index in [1.807, 2.05) is 0 Å². The summed E-state index contributed by atoms with van der Waals surface area (Å²) >= 11 is -3.10. The molecule has 0 aliphatic carbocycles. The van der Waals surface area contributed by atoms with Gasteiger partial charge in [-0.15, -0.1) is 0 Å². The SMILES string of the molecule is C=Cc1ccc(S(=O)(=O)OS(=O)[O-])cc1. The highest BCUT2D eigenvalue weighted by atomic mass is 32.3. The van der Waals surface area contributed by atoms with Gasteiger partial charge in [0, 0.05) is 0 Å². The molecule has 0 aliphatic rings. The minimum absolute atomic E-state index is 0.225. The molecule has 0 saturated heterocycles. The van der Waals surface area contributed by atoms with Crippen LogP contribution in [0.2, 0.25) is 0 Å². The third-order valence-corrected chi connectivity index (χ3v) is 3.56. The van der Waals surface area contributed by atoms with Crippen LogP contribution in [0.15, 0.2) is 35.7 Å². The van der Waals surface area contributed by atoms with Crippen molar-refractivity contribution >= 4 is 27.6 Å². The maximum absolute atomic E-state index is 11.2. The summed E-state index contributed by atoms with van der Waals surface area (Å²) in [6.45, 7) is 3.49. The van der Waals surface area contributed by atoms with Gasteiger partial charge in [-0.2, -0.15) is 12.0 Å². The van der Waals surface area contributed by atoms with Crippen LogP contribution in [0.5, 0.6) is 0 Å². The molecule has 0 radical (unpaired) electrons. The molecule has 1 rings (SSSR count). The Bertz CT molecular complexity index is 474. The minimum atomic E-state index is -4.23. The van der Waals surface area contributed by atoms with Crippen LogP contribution in [0.4, 0.5) is 0 Å². The van der Waals surface area contributed by atoms with Gasteiger partial charge >= 0.3 is 10.1 Å². The third kappa shape index (κ3) is 3.24. The molecule has 1 atom stereocenters. The van der Waals surface area contributed by atoms with E-state index in [2.05, 4.69) is 10.2 Å². The molecule has 0 bridgehead atoms. The summed E-state index contributed by atoms with van der Waals surface area (Å²) in [5.41, 5.74) is 0.720. The van der Waals surface area contributed by atoms with E-state index < -0.39 is 21.5 Å². The topological polar surface area (TPSA) is 83.5 Å². The summed E-state index contributed by atoms with van der Waals surface area (Å²) in [6.07, 6.45) is 1.53. The maximum Gasteiger partial charge on any atom is 0.308 e. The van der Waals surface area contributed by atoms with Gasteiger partial charge in [-0.1, -0.05) is 24.8 Å². The van der Waals surface area contributed by atoms with E-state index in [0.717, 1.165) is 5.56 Å². The van der Waals surface area contributed by atoms with Crippen LogP contribution in [0.1, 0.15) is 5.56 Å². The van der Waals surface area contributed by atoms with Gasteiger partial charge in [-0.25, -0.2) is 4.21 Å². The predicted molar refractivity (Wildman–Crippen MR) is 53.7 cm³/mol. The van der Waals surface area contributed by atoms with E-state index >= 15 is 0 Å². The van der Waals surface area contributed by atoms with E-state index in [9.17, 15) is 17.2 Å². The van der Waals surface area contributed by atoms with Crippen molar-refractivity contribution in [3.8, 4) is 0 Å². The zero-order valence-electron chi connectivity index (χ0n) is 7.45. The highest BCUT2D eigenvalue weighted by molar-refractivity contribution is 7.95. The van der Waals surface area contributed by atoms with Crippen molar-refractivity contribution < 1.29 is 20.8 Å². The summed E-state index contributed by atoms with van der Waals surface area (Å²) in [5, 5.41) is 0. The Morgan fingerprint density at radius 3 is 2.27 bits per heavy atom. The maximum atomic E-state index is 11.2. The first-order chi connectivity index (χ1) is 6.95. The summed E-state index contributed by atoms with van der Waals surface area (Å²) in [6, 6.07) is 5.44. The van der Waals surface area contributed by atoms with Gasteiger partial charge in [0.05, 0.1) is 4.90 Å². The molecule has 1 aromatic carbocycles. The number of hydrogen-bond donors (Lipinski definition) is 0. The second kappa shape index (κ2) is 4.67. The van der Waals surface area contributed by atoms with Crippen LogP contribution in [0.25, 0.3) is 6.08 Å². The van der Waals surface area contributed by atoms with Crippen molar-refractivity contribution in [2.24, 2.45) is 0 Å². The van der Waals surface area contributed by atoms with Crippen molar-refractivity contribution in [1.29, 1.82) is 0 Å². The van der Waals surface area contributed by atoms with Crippen molar-refractivity contribution in [2.45, 2.75) is 4.90 Å². The zero-order valence-corrected chi connectivity index (χ0v) is 9.08. The van der Waals surface area contributed by atoms with Gasteiger partial charge in [0.15, 0.2) is 0 Å². The van der Waals surface area contributed by atoms with Crippen LogP contribution in [-0.4, -0.2) is 17.2 Å². The lowest BCUT2D eigenvalue weighted by Crippen LogP contribution is -2.08. The van der Waals surface area contributed by atoms with Crippen molar-refractivity contribution in [1.82, 2.24) is 0 Å². The van der Waals surface area contributed by atoms with Crippen LogP contribution < -0.4 is 0 Å². The molecular formula is C8H7O5S2-. The van der Waals surface area contributed by atoms with Crippen LogP contribution >= 0.6 is 0 Å². The Morgan fingerprint density at radius 1 is 1.33 bits per heavy atom. The zero-order chi connectivity index (χ0) is 11.5. The minimum Gasteiger partial charge on any atom is -0.749 e. The largest absolute Gasteiger partial charge is 0.749 e. The van der Waals surface area contributed by atoms with E-state index in [1.165, 1.54) is 30.3 Å². The average molecular weight is 247 g/mol. The lowest BCUT2D eigenvalue weighted by Gasteiger charge is -2.06. The fourth-order valence-electron chi connectivity index (χ4n) is 0.883. The Balaban J connectivity index is 3.06. The van der Waals surface area contributed by atoms with Gasteiger partial charge in [0.2, 0.25) is 0 Å². The number of benzene rings is 1. The highest BCUT2D eigenvalue weighted by Gasteiger charge is 2.15. The molecule has 82 valence electrons.